The molecule has 0 aliphatic rings. The highest BCUT2D eigenvalue weighted by atomic mass is 79.9. The minimum atomic E-state index is -0.186. The van der Waals surface area contributed by atoms with Crippen LogP contribution in [0.2, 0.25) is 0 Å². The van der Waals surface area contributed by atoms with E-state index in [9.17, 15) is 9.90 Å². The molecule has 0 unspecified atom stereocenters. The van der Waals surface area contributed by atoms with Crippen LogP contribution in [-0.2, 0) is 4.74 Å². The molecule has 5 heteroatoms. The second-order valence-corrected chi connectivity index (χ2v) is 4.45. The van der Waals surface area contributed by atoms with Crippen LogP contribution in [0.5, 0.6) is 5.75 Å². The predicted octanol–water partition coefficient (Wildman–Crippen LogP) is 2.26. The average molecular weight is 302 g/mol. The molecule has 0 spiro atoms. The number of carbonyl (C=O) groups is 1. The van der Waals surface area contributed by atoms with Gasteiger partial charge >= 0.3 is 0 Å². The van der Waals surface area contributed by atoms with Gasteiger partial charge in [-0.3, -0.25) is 4.79 Å². The second-order valence-electron chi connectivity index (χ2n) is 3.54. The molecule has 1 aromatic carbocycles. The summed E-state index contributed by atoms with van der Waals surface area (Å²) < 4.78 is 5.69. The lowest BCUT2D eigenvalue weighted by atomic mass is 10.1. The number of carbonyl (C=O) groups excluding carboxylic acids is 1. The highest BCUT2D eigenvalue weighted by Crippen LogP contribution is 2.23. The van der Waals surface area contributed by atoms with Crippen molar-refractivity contribution in [1.82, 2.24) is 4.90 Å². The maximum Gasteiger partial charge on any atom is 0.257 e. The summed E-state index contributed by atoms with van der Waals surface area (Å²) in [5.41, 5.74) is 0.311. The topological polar surface area (TPSA) is 49.8 Å². The molecule has 1 N–H and O–H groups in total. The van der Waals surface area contributed by atoms with Gasteiger partial charge in [-0.1, -0.05) is 15.9 Å². The van der Waals surface area contributed by atoms with Crippen molar-refractivity contribution >= 4 is 21.8 Å². The monoisotopic (exact) mass is 301 g/mol. The maximum absolute atomic E-state index is 12.1. The van der Waals surface area contributed by atoms with Crippen molar-refractivity contribution in [3.8, 4) is 5.75 Å². The zero-order valence-electron chi connectivity index (χ0n) is 9.94. The van der Waals surface area contributed by atoms with Crippen LogP contribution in [0, 0.1) is 0 Å². The zero-order chi connectivity index (χ0) is 12.8. The molecule has 1 aromatic rings. The number of likely N-dealkylation sites (N-methyl/N-ethyl adjacent to an activating group) is 1. The van der Waals surface area contributed by atoms with Crippen molar-refractivity contribution in [3.05, 3.63) is 28.2 Å². The fraction of sp³-hybridized carbons (Fsp3) is 0.417. The first-order valence-corrected chi connectivity index (χ1v) is 6.16. The van der Waals surface area contributed by atoms with Gasteiger partial charge in [-0.25, -0.2) is 0 Å². The molecular formula is C12H16BrNO3. The van der Waals surface area contributed by atoms with Gasteiger partial charge in [-0.2, -0.15) is 0 Å². The smallest absolute Gasteiger partial charge is 0.257 e. The molecule has 0 saturated heterocycles. The summed E-state index contributed by atoms with van der Waals surface area (Å²) in [4.78, 5) is 13.7. The van der Waals surface area contributed by atoms with E-state index in [1.807, 2.05) is 6.92 Å². The first-order chi connectivity index (χ1) is 8.10. The minimum absolute atomic E-state index is 0.0137. The van der Waals surface area contributed by atoms with Gasteiger partial charge in [-0.15, -0.1) is 0 Å². The third-order valence-corrected chi connectivity index (χ3v) is 2.92. The van der Waals surface area contributed by atoms with Gasteiger partial charge in [0.25, 0.3) is 5.91 Å². The fourth-order valence-electron chi connectivity index (χ4n) is 1.46. The Kier molecular flexibility index (Phi) is 5.44. The largest absolute Gasteiger partial charge is 0.507 e. The van der Waals surface area contributed by atoms with E-state index in [1.54, 1.807) is 24.1 Å². The standard InChI is InChI=1S/C12H16BrNO3/c1-3-14(6-7-17-2)12(16)10-5-4-9(13)8-11(10)15/h4-5,8,15H,3,6-7H2,1-2H3. The van der Waals surface area contributed by atoms with Gasteiger partial charge in [-0.05, 0) is 25.1 Å². The van der Waals surface area contributed by atoms with E-state index >= 15 is 0 Å². The van der Waals surface area contributed by atoms with E-state index in [0.29, 0.717) is 25.3 Å². The van der Waals surface area contributed by atoms with Gasteiger partial charge < -0.3 is 14.7 Å². The molecule has 0 radical (unpaired) electrons. The van der Waals surface area contributed by atoms with Gasteiger partial charge in [0.05, 0.1) is 12.2 Å². The predicted molar refractivity (Wildman–Crippen MR) is 69.3 cm³/mol. The summed E-state index contributed by atoms with van der Waals surface area (Å²) in [6, 6.07) is 4.85. The number of aromatic hydroxyl groups is 1. The van der Waals surface area contributed by atoms with Crippen molar-refractivity contribution in [2.24, 2.45) is 0 Å². The Labute approximate surface area is 109 Å². The van der Waals surface area contributed by atoms with Crippen molar-refractivity contribution in [2.45, 2.75) is 6.92 Å². The number of phenols is 1. The molecule has 0 aromatic heterocycles. The summed E-state index contributed by atoms with van der Waals surface area (Å²) in [6.45, 7) is 3.47. The number of hydrogen-bond acceptors (Lipinski definition) is 3. The number of amides is 1. The van der Waals surface area contributed by atoms with E-state index in [2.05, 4.69) is 15.9 Å². The summed E-state index contributed by atoms with van der Waals surface area (Å²) >= 11 is 3.24. The Bertz CT molecular complexity index is 395. The number of halogens is 1. The molecule has 0 heterocycles. The van der Waals surface area contributed by atoms with Gasteiger partial charge in [0, 0.05) is 24.7 Å². The molecule has 0 bridgehead atoms. The molecule has 0 aliphatic heterocycles. The Balaban J connectivity index is 2.86. The quantitative estimate of drug-likeness (QED) is 0.907. The van der Waals surface area contributed by atoms with Crippen LogP contribution in [0.1, 0.15) is 17.3 Å². The molecule has 0 saturated carbocycles. The fourth-order valence-corrected chi connectivity index (χ4v) is 1.81. The Hall–Kier alpha value is -1.07. The van der Waals surface area contributed by atoms with Crippen LogP contribution < -0.4 is 0 Å². The van der Waals surface area contributed by atoms with Gasteiger partial charge in [0.1, 0.15) is 5.75 Å². The lowest BCUT2D eigenvalue weighted by Crippen LogP contribution is -2.33. The Morgan fingerprint density at radius 1 is 1.53 bits per heavy atom. The number of benzene rings is 1. The van der Waals surface area contributed by atoms with Crippen LogP contribution in [-0.4, -0.2) is 42.7 Å². The molecule has 94 valence electrons. The molecule has 0 fully saturated rings. The first kappa shape index (κ1) is 14.0. The number of hydrogen-bond donors (Lipinski definition) is 1. The lowest BCUT2D eigenvalue weighted by Gasteiger charge is -2.20. The summed E-state index contributed by atoms with van der Waals surface area (Å²) in [7, 11) is 1.59. The van der Waals surface area contributed by atoms with Crippen LogP contribution in [0.25, 0.3) is 0 Å². The highest BCUT2D eigenvalue weighted by molar-refractivity contribution is 9.10. The normalized spacial score (nSPS) is 10.3. The number of ether oxygens (including phenoxy) is 1. The number of nitrogens with zero attached hydrogens (tertiary/aromatic N) is 1. The zero-order valence-corrected chi connectivity index (χ0v) is 11.5. The number of phenolic OH excluding ortho intramolecular Hbond substituents is 1. The minimum Gasteiger partial charge on any atom is -0.507 e. The molecule has 0 aliphatic carbocycles. The van der Waals surface area contributed by atoms with Crippen LogP contribution >= 0.6 is 15.9 Å². The van der Waals surface area contributed by atoms with Crippen molar-refractivity contribution in [1.29, 1.82) is 0 Å². The summed E-state index contributed by atoms with van der Waals surface area (Å²) in [5, 5.41) is 9.72. The molecule has 4 nitrogen and oxygen atoms in total. The van der Waals surface area contributed by atoms with E-state index in [1.165, 1.54) is 6.07 Å². The van der Waals surface area contributed by atoms with E-state index in [4.69, 9.17) is 4.74 Å². The SMILES string of the molecule is CCN(CCOC)C(=O)c1ccc(Br)cc1O. The Morgan fingerprint density at radius 2 is 2.24 bits per heavy atom. The summed E-state index contributed by atoms with van der Waals surface area (Å²) in [6.07, 6.45) is 0. The molecule has 0 atom stereocenters. The van der Waals surface area contributed by atoms with Crippen LogP contribution in [0.3, 0.4) is 0 Å². The van der Waals surface area contributed by atoms with Crippen LogP contribution in [0.4, 0.5) is 0 Å². The van der Waals surface area contributed by atoms with E-state index in [0.717, 1.165) is 4.47 Å². The maximum atomic E-state index is 12.1. The van der Waals surface area contributed by atoms with E-state index in [-0.39, 0.29) is 11.7 Å². The van der Waals surface area contributed by atoms with Crippen molar-refractivity contribution in [2.75, 3.05) is 26.8 Å². The summed E-state index contributed by atoms with van der Waals surface area (Å²) in [5.74, 6) is -0.199. The second kappa shape index (κ2) is 6.61. The number of rotatable bonds is 5. The average Bonchev–Trinajstić information content (AvgIpc) is 2.29. The third kappa shape index (κ3) is 3.71. The third-order valence-electron chi connectivity index (χ3n) is 2.42. The highest BCUT2D eigenvalue weighted by Gasteiger charge is 2.17. The van der Waals surface area contributed by atoms with Crippen LogP contribution in [0.15, 0.2) is 22.7 Å². The van der Waals surface area contributed by atoms with Crippen molar-refractivity contribution in [3.63, 3.8) is 0 Å². The molecule has 1 rings (SSSR count). The Morgan fingerprint density at radius 3 is 2.76 bits per heavy atom. The lowest BCUT2D eigenvalue weighted by molar-refractivity contribution is 0.0703. The van der Waals surface area contributed by atoms with Crippen molar-refractivity contribution < 1.29 is 14.6 Å². The molecule has 1 amide bonds. The first-order valence-electron chi connectivity index (χ1n) is 5.36. The number of methoxy groups -OCH3 is 1. The van der Waals surface area contributed by atoms with Gasteiger partial charge in [0.15, 0.2) is 0 Å². The van der Waals surface area contributed by atoms with E-state index < -0.39 is 0 Å². The van der Waals surface area contributed by atoms with Gasteiger partial charge in [0.2, 0.25) is 0 Å². The molecule has 17 heavy (non-hydrogen) atoms. The molecular weight excluding hydrogens is 286 g/mol.